The Labute approximate surface area is 134 Å². The van der Waals surface area contributed by atoms with Crippen LogP contribution in [0.1, 0.15) is 25.0 Å². The largest absolute Gasteiger partial charge is 0.497 e. The molecule has 0 aliphatic carbocycles. The maximum Gasteiger partial charge on any atom is 0.243 e. The van der Waals surface area contributed by atoms with E-state index in [-0.39, 0.29) is 5.91 Å². The van der Waals surface area contributed by atoms with Crippen LogP contribution in [0.3, 0.4) is 0 Å². The molecule has 6 nitrogen and oxygen atoms in total. The highest BCUT2D eigenvalue weighted by Gasteiger charge is 2.44. The molecule has 118 valence electrons. The van der Waals surface area contributed by atoms with Gasteiger partial charge < -0.3 is 9.47 Å². The average molecular weight is 311 g/mol. The van der Waals surface area contributed by atoms with E-state index >= 15 is 0 Å². The van der Waals surface area contributed by atoms with E-state index in [0.717, 1.165) is 16.9 Å². The van der Waals surface area contributed by atoms with Crippen molar-refractivity contribution in [3.63, 3.8) is 0 Å². The van der Waals surface area contributed by atoms with Crippen molar-refractivity contribution in [2.24, 2.45) is 5.10 Å². The molecule has 2 heterocycles. The molecule has 0 N–H and O–H groups in total. The molecule has 1 aliphatic heterocycles. The summed E-state index contributed by atoms with van der Waals surface area (Å²) in [5, 5.41) is 5.70. The first-order valence-electron chi connectivity index (χ1n) is 7.18. The molecule has 1 aromatic heterocycles. The van der Waals surface area contributed by atoms with Crippen LogP contribution >= 0.6 is 0 Å². The van der Waals surface area contributed by atoms with Gasteiger partial charge in [-0.1, -0.05) is 0 Å². The molecule has 0 fully saturated rings. The minimum Gasteiger partial charge on any atom is -0.497 e. The average Bonchev–Trinajstić information content (AvgIpc) is 2.95. The molecule has 6 heteroatoms. The molecule has 0 unspecified atom stereocenters. The monoisotopic (exact) mass is 311 g/mol. The Balaban J connectivity index is 1.99. The van der Waals surface area contributed by atoms with Crippen molar-refractivity contribution in [1.82, 2.24) is 9.99 Å². The molecule has 23 heavy (non-hydrogen) atoms. The smallest absolute Gasteiger partial charge is 0.243 e. The first kappa shape index (κ1) is 15.0. The maximum atomic E-state index is 12.0. The lowest BCUT2D eigenvalue weighted by atomic mass is 10.0. The van der Waals surface area contributed by atoms with E-state index in [1.807, 2.05) is 31.2 Å². The number of benzene rings is 1. The van der Waals surface area contributed by atoms with Crippen LogP contribution in [-0.4, -0.2) is 28.9 Å². The number of pyridine rings is 1. The van der Waals surface area contributed by atoms with Crippen molar-refractivity contribution in [1.29, 1.82) is 0 Å². The highest BCUT2D eigenvalue weighted by molar-refractivity contribution is 5.96. The number of hydrogen-bond acceptors (Lipinski definition) is 5. The van der Waals surface area contributed by atoms with Gasteiger partial charge in [-0.2, -0.15) is 5.01 Å². The van der Waals surface area contributed by atoms with E-state index in [1.54, 1.807) is 31.6 Å². The van der Waals surface area contributed by atoms with Crippen LogP contribution in [0.15, 0.2) is 53.9 Å². The third kappa shape index (κ3) is 2.63. The number of hydrogen-bond donors (Lipinski definition) is 0. The van der Waals surface area contributed by atoms with Gasteiger partial charge in [-0.05, 0) is 36.4 Å². The standard InChI is InChI=1S/C17H17N3O3/c1-12(21)20-17(2,14-4-6-15(22-3)7-5-14)23-16(19-20)13-8-10-18-11-9-13/h4-11H,1-3H3/t17-/m1/s1. The van der Waals surface area contributed by atoms with Crippen molar-refractivity contribution in [2.45, 2.75) is 19.6 Å². The first-order valence-corrected chi connectivity index (χ1v) is 7.18. The van der Waals surface area contributed by atoms with Crippen LogP contribution in [-0.2, 0) is 15.3 Å². The third-order valence-electron chi connectivity index (χ3n) is 3.74. The van der Waals surface area contributed by atoms with Crippen molar-refractivity contribution < 1.29 is 14.3 Å². The molecule has 1 atom stereocenters. The maximum absolute atomic E-state index is 12.0. The number of amides is 1. The molecular weight excluding hydrogens is 294 g/mol. The number of ether oxygens (including phenoxy) is 2. The first-order chi connectivity index (χ1) is 11.0. The number of nitrogens with zero attached hydrogens (tertiary/aromatic N) is 3. The zero-order valence-corrected chi connectivity index (χ0v) is 13.2. The number of hydrazone groups is 1. The predicted octanol–water partition coefficient (Wildman–Crippen LogP) is 2.50. The van der Waals surface area contributed by atoms with E-state index in [4.69, 9.17) is 9.47 Å². The van der Waals surface area contributed by atoms with Gasteiger partial charge in [-0.15, -0.1) is 5.10 Å². The Morgan fingerprint density at radius 2 is 1.83 bits per heavy atom. The summed E-state index contributed by atoms with van der Waals surface area (Å²) in [6.07, 6.45) is 3.31. The van der Waals surface area contributed by atoms with E-state index < -0.39 is 5.72 Å². The quantitative estimate of drug-likeness (QED) is 0.873. The van der Waals surface area contributed by atoms with Gasteiger partial charge in [0.1, 0.15) is 5.75 Å². The number of rotatable bonds is 3. The van der Waals surface area contributed by atoms with Crippen LogP contribution in [0.5, 0.6) is 5.75 Å². The van der Waals surface area contributed by atoms with Gasteiger partial charge in [0.2, 0.25) is 17.5 Å². The van der Waals surface area contributed by atoms with Gasteiger partial charge in [0, 0.05) is 37.4 Å². The minimum atomic E-state index is -1.00. The Morgan fingerprint density at radius 1 is 1.17 bits per heavy atom. The van der Waals surface area contributed by atoms with Crippen LogP contribution in [0.25, 0.3) is 0 Å². The number of methoxy groups -OCH3 is 1. The topological polar surface area (TPSA) is 64.0 Å². The lowest BCUT2D eigenvalue weighted by Gasteiger charge is -2.31. The molecule has 1 amide bonds. The van der Waals surface area contributed by atoms with Gasteiger partial charge in [-0.25, -0.2) is 0 Å². The molecule has 0 spiro atoms. The summed E-state index contributed by atoms with van der Waals surface area (Å²) in [7, 11) is 1.61. The highest BCUT2D eigenvalue weighted by Crippen LogP contribution is 2.37. The molecule has 3 rings (SSSR count). The summed E-state index contributed by atoms with van der Waals surface area (Å²) < 4.78 is 11.2. The van der Waals surface area contributed by atoms with Gasteiger partial charge in [0.15, 0.2) is 0 Å². The van der Waals surface area contributed by atoms with E-state index in [1.165, 1.54) is 11.9 Å². The molecule has 0 radical (unpaired) electrons. The second-order valence-corrected chi connectivity index (χ2v) is 5.29. The highest BCUT2D eigenvalue weighted by atomic mass is 16.6. The predicted molar refractivity (Wildman–Crippen MR) is 84.7 cm³/mol. The Kier molecular flexibility index (Phi) is 3.73. The molecule has 1 aliphatic rings. The number of carbonyl (C=O) groups is 1. The van der Waals surface area contributed by atoms with Crippen molar-refractivity contribution in [3.05, 3.63) is 59.9 Å². The fourth-order valence-electron chi connectivity index (χ4n) is 2.50. The molecule has 2 aromatic rings. The SMILES string of the molecule is COc1ccc([C@@]2(C)OC(c3ccncc3)=NN2C(C)=O)cc1. The number of aromatic nitrogens is 1. The second kappa shape index (κ2) is 5.72. The summed E-state index contributed by atoms with van der Waals surface area (Å²) in [5.41, 5.74) is 0.571. The minimum absolute atomic E-state index is 0.202. The second-order valence-electron chi connectivity index (χ2n) is 5.29. The van der Waals surface area contributed by atoms with Crippen molar-refractivity contribution in [3.8, 4) is 5.75 Å². The van der Waals surface area contributed by atoms with E-state index in [0.29, 0.717) is 5.90 Å². The molecule has 0 saturated carbocycles. The van der Waals surface area contributed by atoms with Crippen LogP contribution in [0.4, 0.5) is 0 Å². The van der Waals surface area contributed by atoms with Crippen molar-refractivity contribution >= 4 is 11.8 Å². The van der Waals surface area contributed by atoms with E-state index in [2.05, 4.69) is 10.1 Å². The fraction of sp³-hybridized carbons (Fsp3) is 0.235. The van der Waals surface area contributed by atoms with Gasteiger partial charge in [-0.3, -0.25) is 9.78 Å². The summed E-state index contributed by atoms with van der Waals surface area (Å²) in [6, 6.07) is 11.0. The normalized spacial score (nSPS) is 20.0. The molecule has 0 saturated heterocycles. The summed E-state index contributed by atoms with van der Waals surface area (Å²) in [5.74, 6) is 0.924. The van der Waals surface area contributed by atoms with Gasteiger partial charge >= 0.3 is 0 Å². The van der Waals surface area contributed by atoms with Crippen LogP contribution < -0.4 is 4.74 Å². The summed E-state index contributed by atoms with van der Waals surface area (Å²) in [4.78, 5) is 16.0. The fourth-order valence-corrected chi connectivity index (χ4v) is 2.50. The van der Waals surface area contributed by atoms with Gasteiger partial charge in [0.25, 0.3) is 0 Å². The summed E-state index contributed by atoms with van der Waals surface area (Å²) >= 11 is 0. The molecule has 0 bridgehead atoms. The zero-order chi connectivity index (χ0) is 16.4. The van der Waals surface area contributed by atoms with E-state index in [9.17, 15) is 4.79 Å². The number of carbonyl (C=O) groups excluding carboxylic acids is 1. The third-order valence-corrected chi connectivity index (χ3v) is 3.74. The molecule has 1 aromatic carbocycles. The summed E-state index contributed by atoms with van der Waals surface area (Å²) in [6.45, 7) is 3.28. The van der Waals surface area contributed by atoms with Gasteiger partial charge in [0.05, 0.1) is 7.11 Å². The zero-order valence-electron chi connectivity index (χ0n) is 13.2. The Bertz CT molecular complexity index is 743. The van der Waals surface area contributed by atoms with Crippen molar-refractivity contribution in [2.75, 3.05) is 7.11 Å². The lowest BCUT2D eigenvalue weighted by Crippen LogP contribution is -2.41. The Morgan fingerprint density at radius 3 is 2.39 bits per heavy atom. The van der Waals surface area contributed by atoms with Crippen LogP contribution in [0.2, 0.25) is 0 Å². The molecular formula is C17H17N3O3. The lowest BCUT2D eigenvalue weighted by molar-refractivity contribution is -0.146. The van der Waals surface area contributed by atoms with Crippen LogP contribution in [0, 0.1) is 0 Å². The Hall–Kier alpha value is -2.89.